The van der Waals surface area contributed by atoms with Gasteiger partial charge in [-0.2, -0.15) is 0 Å². The van der Waals surface area contributed by atoms with E-state index in [1.165, 1.54) is 18.2 Å². The van der Waals surface area contributed by atoms with Crippen LogP contribution in [0.1, 0.15) is 5.56 Å². The van der Waals surface area contributed by atoms with Crippen LogP contribution in [0.15, 0.2) is 47.4 Å². The molecule has 0 saturated carbocycles. The van der Waals surface area contributed by atoms with Gasteiger partial charge in [0.05, 0.1) is 15.6 Å². The summed E-state index contributed by atoms with van der Waals surface area (Å²) in [5.74, 6) is -0.800. The lowest BCUT2D eigenvalue weighted by Gasteiger charge is -2.12. The van der Waals surface area contributed by atoms with Gasteiger partial charge in [0, 0.05) is 0 Å². The van der Waals surface area contributed by atoms with E-state index in [1.807, 2.05) is 0 Å². The number of carbonyl (C=O) groups is 1. The Balaban J connectivity index is 2.25. The zero-order valence-corrected chi connectivity index (χ0v) is 13.7. The zero-order valence-electron chi connectivity index (χ0n) is 12.1. The van der Waals surface area contributed by atoms with Crippen LogP contribution in [0.4, 0.5) is 5.69 Å². The van der Waals surface area contributed by atoms with Gasteiger partial charge < -0.3 is 9.84 Å². The molecule has 0 aliphatic heterocycles. The predicted octanol–water partition coefficient (Wildman–Crippen LogP) is 2.91. The van der Waals surface area contributed by atoms with E-state index in [0.717, 1.165) is 0 Å². The highest BCUT2D eigenvalue weighted by atomic mass is 35.5. The third kappa shape index (κ3) is 4.37. The van der Waals surface area contributed by atoms with Crippen LogP contribution in [0.25, 0.3) is 0 Å². The lowest BCUT2D eigenvalue weighted by Crippen LogP contribution is -2.14. The maximum atomic E-state index is 12.4. The molecule has 0 radical (unpaired) electrons. The van der Waals surface area contributed by atoms with E-state index in [9.17, 15) is 13.2 Å². The topological polar surface area (TPSA) is 92.7 Å². The normalized spacial score (nSPS) is 11.0. The number of aliphatic carboxylic acids is 1. The van der Waals surface area contributed by atoms with Crippen LogP contribution in [0, 0.1) is 6.92 Å². The first-order chi connectivity index (χ1) is 10.8. The van der Waals surface area contributed by atoms with E-state index in [-0.39, 0.29) is 15.6 Å². The Morgan fingerprint density at radius 3 is 2.57 bits per heavy atom. The molecule has 2 aromatic rings. The molecule has 0 amide bonds. The predicted molar refractivity (Wildman–Crippen MR) is 86.6 cm³/mol. The average Bonchev–Trinajstić information content (AvgIpc) is 2.48. The van der Waals surface area contributed by atoms with Gasteiger partial charge in [-0.05, 0) is 42.8 Å². The molecular weight excluding hydrogens is 342 g/mol. The monoisotopic (exact) mass is 355 g/mol. The Labute approximate surface area is 138 Å². The van der Waals surface area contributed by atoms with Crippen molar-refractivity contribution in [1.82, 2.24) is 0 Å². The lowest BCUT2D eigenvalue weighted by atomic mass is 10.2. The summed E-state index contributed by atoms with van der Waals surface area (Å²) >= 11 is 5.94. The highest BCUT2D eigenvalue weighted by Gasteiger charge is 2.17. The largest absolute Gasteiger partial charge is 0.482 e. The Morgan fingerprint density at radius 2 is 1.96 bits per heavy atom. The number of aryl methyl sites for hydroxylation is 1. The van der Waals surface area contributed by atoms with Gasteiger partial charge in [0.2, 0.25) is 0 Å². The lowest BCUT2D eigenvalue weighted by molar-refractivity contribution is -0.139. The molecule has 0 heterocycles. The number of carboxylic acids is 1. The minimum absolute atomic E-state index is 0.0256. The summed E-state index contributed by atoms with van der Waals surface area (Å²) in [7, 11) is -3.81. The van der Waals surface area contributed by atoms with Crippen molar-refractivity contribution in [3.63, 3.8) is 0 Å². The van der Waals surface area contributed by atoms with Crippen LogP contribution in [0.5, 0.6) is 5.75 Å². The number of ether oxygens (including phenoxy) is 1. The van der Waals surface area contributed by atoms with Gasteiger partial charge in [0.1, 0.15) is 5.75 Å². The fourth-order valence-electron chi connectivity index (χ4n) is 1.84. The van der Waals surface area contributed by atoms with Crippen LogP contribution < -0.4 is 9.46 Å². The molecule has 0 bridgehead atoms. The van der Waals surface area contributed by atoms with E-state index in [0.29, 0.717) is 11.3 Å². The van der Waals surface area contributed by atoms with Crippen molar-refractivity contribution < 1.29 is 23.1 Å². The number of carboxylic acid groups (broad SMARTS) is 1. The number of halogens is 1. The number of nitrogens with one attached hydrogen (secondary N) is 1. The SMILES string of the molecule is Cc1cc(S(=O)(=O)Nc2ccccc2Cl)ccc1OCC(=O)O. The number of anilines is 1. The summed E-state index contributed by atoms with van der Waals surface area (Å²) in [6, 6.07) is 10.6. The van der Waals surface area contributed by atoms with Crippen molar-refractivity contribution in [1.29, 1.82) is 0 Å². The van der Waals surface area contributed by atoms with Gasteiger partial charge >= 0.3 is 5.97 Å². The third-order valence-electron chi connectivity index (χ3n) is 2.93. The standard InChI is InChI=1S/C15H14ClNO5S/c1-10-8-11(6-7-14(10)22-9-15(18)19)23(20,21)17-13-5-3-2-4-12(13)16/h2-8,17H,9H2,1H3,(H,18,19). The Morgan fingerprint density at radius 1 is 1.26 bits per heavy atom. The van der Waals surface area contributed by atoms with Crippen LogP contribution in [0.2, 0.25) is 5.02 Å². The van der Waals surface area contributed by atoms with Crippen LogP contribution in [-0.4, -0.2) is 26.1 Å². The molecule has 2 N–H and O–H groups in total. The van der Waals surface area contributed by atoms with Crippen molar-refractivity contribution in [2.45, 2.75) is 11.8 Å². The second-order valence-electron chi connectivity index (χ2n) is 4.70. The molecule has 0 spiro atoms. The number of sulfonamides is 1. The molecule has 0 aliphatic carbocycles. The molecule has 2 aromatic carbocycles. The first kappa shape index (κ1) is 17.1. The quantitative estimate of drug-likeness (QED) is 0.831. The fraction of sp³-hybridized carbons (Fsp3) is 0.133. The molecule has 0 atom stereocenters. The molecule has 23 heavy (non-hydrogen) atoms. The maximum absolute atomic E-state index is 12.4. The van der Waals surface area contributed by atoms with E-state index in [1.54, 1.807) is 31.2 Å². The van der Waals surface area contributed by atoms with E-state index < -0.39 is 22.6 Å². The molecule has 0 aliphatic rings. The highest BCUT2D eigenvalue weighted by molar-refractivity contribution is 7.92. The number of benzene rings is 2. The maximum Gasteiger partial charge on any atom is 0.341 e. The molecule has 8 heteroatoms. The van der Waals surface area contributed by atoms with Gasteiger partial charge in [-0.1, -0.05) is 23.7 Å². The Bertz CT molecular complexity index is 836. The molecule has 2 rings (SSSR count). The smallest absolute Gasteiger partial charge is 0.341 e. The van der Waals surface area contributed by atoms with Crippen LogP contribution in [0.3, 0.4) is 0 Å². The van der Waals surface area contributed by atoms with Gasteiger partial charge in [-0.25, -0.2) is 13.2 Å². The highest BCUT2D eigenvalue weighted by Crippen LogP contribution is 2.26. The van der Waals surface area contributed by atoms with Crippen molar-refractivity contribution in [3.8, 4) is 5.75 Å². The zero-order chi connectivity index (χ0) is 17.0. The number of hydrogen-bond acceptors (Lipinski definition) is 4. The molecule has 0 aromatic heterocycles. The summed E-state index contributed by atoms with van der Waals surface area (Å²) in [5, 5.41) is 8.88. The van der Waals surface area contributed by atoms with Gasteiger partial charge in [0.15, 0.2) is 6.61 Å². The van der Waals surface area contributed by atoms with E-state index in [2.05, 4.69) is 4.72 Å². The van der Waals surface area contributed by atoms with Crippen molar-refractivity contribution in [3.05, 3.63) is 53.1 Å². The summed E-state index contributed by atoms with van der Waals surface area (Å²) in [4.78, 5) is 10.5. The van der Waals surface area contributed by atoms with Crippen LogP contribution >= 0.6 is 11.6 Å². The molecule has 122 valence electrons. The first-order valence-electron chi connectivity index (χ1n) is 6.52. The molecular formula is C15H14ClNO5S. The van der Waals surface area contributed by atoms with E-state index >= 15 is 0 Å². The molecule has 0 fully saturated rings. The summed E-state index contributed by atoms with van der Waals surface area (Å²) < 4.78 is 32.2. The van der Waals surface area contributed by atoms with Crippen LogP contribution in [-0.2, 0) is 14.8 Å². The Hall–Kier alpha value is -2.25. The first-order valence-corrected chi connectivity index (χ1v) is 8.38. The average molecular weight is 356 g/mol. The van der Waals surface area contributed by atoms with Gasteiger partial charge in [0.25, 0.3) is 10.0 Å². The fourth-order valence-corrected chi connectivity index (χ4v) is 3.24. The minimum Gasteiger partial charge on any atom is -0.482 e. The summed E-state index contributed by atoms with van der Waals surface area (Å²) in [5.41, 5.74) is 0.784. The van der Waals surface area contributed by atoms with Gasteiger partial charge in [-0.15, -0.1) is 0 Å². The molecule has 0 saturated heterocycles. The van der Waals surface area contributed by atoms with Gasteiger partial charge in [-0.3, -0.25) is 4.72 Å². The van der Waals surface area contributed by atoms with Crippen molar-refractivity contribution >= 4 is 33.3 Å². The third-order valence-corrected chi connectivity index (χ3v) is 4.62. The molecule has 6 nitrogen and oxygen atoms in total. The van der Waals surface area contributed by atoms with Crippen molar-refractivity contribution in [2.75, 3.05) is 11.3 Å². The number of para-hydroxylation sites is 1. The number of hydrogen-bond donors (Lipinski definition) is 2. The second kappa shape index (κ2) is 6.89. The second-order valence-corrected chi connectivity index (χ2v) is 6.78. The number of rotatable bonds is 6. The van der Waals surface area contributed by atoms with E-state index in [4.69, 9.17) is 21.4 Å². The molecule has 0 unspecified atom stereocenters. The Kier molecular flexibility index (Phi) is 5.12. The minimum atomic E-state index is -3.81. The summed E-state index contributed by atoms with van der Waals surface area (Å²) in [6.45, 7) is 1.14. The summed E-state index contributed by atoms with van der Waals surface area (Å²) in [6.07, 6.45) is 0. The van der Waals surface area contributed by atoms with Crippen molar-refractivity contribution in [2.24, 2.45) is 0 Å².